The average Bonchev–Trinajstić information content (AvgIpc) is 2.73. The summed E-state index contributed by atoms with van der Waals surface area (Å²) in [6.45, 7) is 10.5. The maximum Gasteiger partial charge on any atom is 0.409 e. The Morgan fingerprint density at radius 3 is 2.66 bits per heavy atom. The van der Waals surface area contributed by atoms with E-state index in [1.54, 1.807) is 30.0 Å². The number of hydrogen-bond donors (Lipinski definition) is 1. The fraction of sp³-hybridized carbons (Fsp3) is 0.636. The average molecular weight is 407 g/mol. The van der Waals surface area contributed by atoms with Crippen LogP contribution in [0.15, 0.2) is 18.2 Å². The van der Waals surface area contributed by atoms with Gasteiger partial charge in [0, 0.05) is 24.7 Å². The van der Waals surface area contributed by atoms with Gasteiger partial charge in [0.15, 0.2) is 11.5 Å². The summed E-state index contributed by atoms with van der Waals surface area (Å²) in [5.41, 5.74) is 0.530. The van der Waals surface area contributed by atoms with Crippen LogP contribution in [-0.2, 0) is 4.74 Å². The number of carbonyl (C=O) groups excluding carboxylic acids is 2. The van der Waals surface area contributed by atoms with Gasteiger partial charge in [0.05, 0.1) is 19.8 Å². The molecule has 0 aromatic heterocycles. The second kappa shape index (κ2) is 11.5. The van der Waals surface area contributed by atoms with Crippen LogP contribution in [0.1, 0.15) is 57.3 Å². The normalized spacial score (nSPS) is 17.4. The van der Waals surface area contributed by atoms with Crippen LogP contribution in [-0.4, -0.2) is 55.9 Å². The SMILES string of the molecule is CCCOc1ccc(C(=O)NC(C)C2CCCN(C(=O)OCC)C2)cc1OCC. The molecule has 1 fully saturated rings. The highest BCUT2D eigenvalue weighted by Crippen LogP contribution is 2.29. The number of piperidine rings is 1. The number of nitrogens with one attached hydrogen (secondary N) is 1. The summed E-state index contributed by atoms with van der Waals surface area (Å²) < 4.78 is 16.5. The first-order valence-electron chi connectivity index (χ1n) is 10.6. The molecule has 2 unspecified atom stereocenters. The van der Waals surface area contributed by atoms with E-state index in [1.807, 2.05) is 20.8 Å². The van der Waals surface area contributed by atoms with Gasteiger partial charge in [-0.2, -0.15) is 0 Å². The second-order valence-corrected chi connectivity index (χ2v) is 7.25. The lowest BCUT2D eigenvalue weighted by molar-refractivity contribution is 0.0789. The molecule has 1 aliphatic rings. The first-order chi connectivity index (χ1) is 14.0. The molecule has 0 saturated carbocycles. The van der Waals surface area contributed by atoms with E-state index in [-0.39, 0.29) is 24.0 Å². The Bertz CT molecular complexity index is 679. The Hall–Kier alpha value is -2.44. The molecule has 0 bridgehead atoms. The molecule has 0 radical (unpaired) electrons. The summed E-state index contributed by atoms with van der Waals surface area (Å²) >= 11 is 0. The number of likely N-dealkylation sites (tertiary alicyclic amines) is 1. The summed E-state index contributed by atoms with van der Waals surface area (Å²) in [6, 6.07) is 5.19. The van der Waals surface area contributed by atoms with Crippen LogP contribution >= 0.6 is 0 Å². The van der Waals surface area contributed by atoms with Crippen molar-refractivity contribution in [2.75, 3.05) is 32.9 Å². The Labute approximate surface area is 173 Å². The molecule has 7 heteroatoms. The number of benzene rings is 1. The van der Waals surface area contributed by atoms with Gasteiger partial charge < -0.3 is 24.4 Å². The van der Waals surface area contributed by atoms with E-state index in [2.05, 4.69) is 5.32 Å². The maximum absolute atomic E-state index is 12.8. The third kappa shape index (κ3) is 6.54. The van der Waals surface area contributed by atoms with Crippen molar-refractivity contribution in [3.05, 3.63) is 23.8 Å². The smallest absolute Gasteiger partial charge is 0.409 e. The number of nitrogens with zero attached hydrogens (tertiary/aromatic N) is 1. The lowest BCUT2D eigenvalue weighted by Crippen LogP contribution is -2.48. The Balaban J connectivity index is 2.01. The highest BCUT2D eigenvalue weighted by Gasteiger charge is 2.29. The number of rotatable bonds is 9. The number of amides is 2. The molecule has 29 heavy (non-hydrogen) atoms. The van der Waals surface area contributed by atoms with Gasteiger partial charge in [-0.15, -0.1) is 0 Å². The predicted molar refractivity (Wildman–Crippen MR) is 112 cm³/mol. The van der Waals surface area contributed by atoms with Crippen LogP contribution < -0.4 is 14.8 Å². The summed E-state index contributed by atoms with van der Waals surface area (Å²) in [5, 5.41) is 3.08. The van der Waals surface area contributed by atoms with E-state index in [0.29, 0.717) is 50.0 Å². The fourth-order valence-electron chi connectivity index (χ4n) is 3.46. The zero-order valence-corrected chi connectivity index (χ0v) is 18.0. The van der Waals surface area contributed by atoms with Gasteiger partial charge in [-0.25, -0.2) is 4.79 Å². The van der Waals surface area contributed by atoms with Crippen molar-refractivity contribution in [1.29, 1.82) is 0 Å². The summed E-state index contributed by atoms with van der Waals surface area (Å²) in [5.74, 6) is 1.26. The van der Waals surface area contributed by atoms with Crippen LogP contribution in [0, 0.1) is 5.92 Å². The number of ether oxygens (including phenoxy) is 3. The maximum atomic E-state index is 12.8. The molecule has 1 N–H and O–H groups in total. The largest absolute Gasteiger partial charge is 0.490 e. The van der Waals surface area contributed by atoms with Gasteiger partial charge in [0.25, 0.3) is 5.91 Å². The molecular weight excluding hydrogens is 372 g/mol. The number of carbonyl (C=O) groups is 2. The van der Waals surface area contributed by atoms with E-state index in [1.165, 1.54) is 0 Å². The minimum absolute atomic E-state index is 0.0636. The molecule has 1 aromatic carbocycles. The second-order valence-electron chi connectivity index (χ2n) is 7.25. The van der Waals surface area contributed by atoms with Crippen LogP contribution in [0.4, 0.5) is 4.79 Å². The van der Waals surface area contributed by atoms with Gasteiger partial charge in [-0.1, -0.05) is 6.92 Å². The molecule has 7 nitrogen and oxygen atoms in total. The third-order valence-electron chi connectivity index (χ3n) is 5.02. The highest BCUT2D eigenvalue weighted by molar-refractivity contribution is 5.95. The van der Waals surface area contributed by atoms with Crippen molar-refractivity contribution in [2.24, 2.45) is 5.92 Å². The van der Waals surface area contributed by atoms with Crippen molar-refractivity contribution in [1.82, 2.24) is 10.2 Å². The Morgan fingerprint density at radius 2 is 1.97 bits per heavy atom. The van der Waals surface area contributed by atoms with Crippen LogP contribution in [0.5, 0.6) is 11.5 Å². The molecule has 2 atom stereocenters. The van der Waals surface area contributed by atoms with E-state index >= 15 is 0 Å². The quantitative estimate of drug-likeness (QED) is 0.674. The molecule has 1 aliphatic heterocycles. The summed E-state index contributed by atoms with van der Waals surface area (Å²) in [7, 11) is 0. The standard InChI is InChI=1S/C22H34N2O5/c1-5-13-29-19-11-10-17(14-20(19)27-6-2)21(25)23-16(4)18-9-8-12-24(15-18)22(26)28-7-3/h10-11,14,16,18H,5-9,12-13,15H2,1-4H3,(H,23,25). The molecule has 1 heterocycles. The van der Waals surface area contributed by atoms with Gasteiger partial charge in [0.1, 0.15) is 0 Å². The van der Waals surface area contributed by atoms with Crippen molar-refractivity contribution >= 4 is 12.0 Å². The van der Waals surface area contributed by atoms with Gasteiger partial charge in [0.2, 0.25) is 0 Å². The van der Waals surface area contributed by atoms with Crippen LogP contribution in [0.3, 0.4) is 0 Å². The van der Waals surface area contributed by atoms with Gasteiger partial charge in [-0.05, 0) is 64.2 Å². The molecular formula is C22H34N2O5. The van der Waals surface area contributed by atoms with E-state index in [0.717, 1.165) is 19.3 Å². The summed E-state index contributed by atoms with van der Waals surface area (Å²) in [4.78, 5) is 26.5. The van der Waals surface area contributed by atoms with E-state index < -0.39 is 0 Å². The Morgan fingerprint density at radius 1 is 1.17 bits per heavy atom. The zero-order valence-electron chi connectivity index (χ0n) is 18.0. The van der Waals surface area contributed by atoms with Gasteiger partial charge in [-0.3, -0.25) is 4.79 Å². The van der Waals surface area contributed by atoms with E-state index in [9.17, 15) is 9.59 Å². The van der Waals surface area contributed by atoms with Gasteiger partial charge >= 0.3 is 6.09 Å². The van der Waals surface area contributed by atoms with Crippen molar-refractivity contribution in [3.8, 4) is 11.5 Å². The zero-order chi connectivity index (χ0) is 21.2. The van der Waals surface area contributed by atoms with Crippen molar-refractivity contribution in [3.63, 3.8) is 0 Å². The van der Waals surface area contributed by atoms with Crippen LogP contribution in [0.25, 0.3) is 0 Å². The molecule has 0 aliphatic carbocycles. The highest BCUT2D eigenvalue weighted by atomic mass is 16.6. The predicted octanol–water partition coefficient (Wildman–Crippen LogP) is 3.86. The molecule has 1 saturated heterocycles. The lowest BCUT2D eigenvalue weighted by atomic mass is 9.91. The minimum atomic E-state index is -0.278. The van der Waals surface area contributed by atoms with Crippen molar-refractivity contribution in [2.45, 2.75) is 53.0 Å². The molecule has 1 aromatic rings. The molecule has 2 rings (SSSR count). The molecule has 162 valence electrons. The minimum Gasteiger partial charge on any atom is -0.490 e. The molecule has 2 amide bonds. The Kier molecular flexibility index (Phi) is 9.09. The van der Waals surface area contributed by atoms with E-state index in [4.69, 9.17) is 14.2 Å². The molecule has 0 spiro atoms. The first kappa shape index (κ1) is 22.8. The third-order valence-corrected chi connectivity index (χ3v) is 5.02. The lowest BCUT2D eigenvalue weighted by Gasteiger charge is -2.35. The topological polar surface area (TPSA) is 77.1 Å². The number of hydrogen-bond acceptors (Lipinski definition) is 5. The monoisotopic (exact) mass is 406 g/mol. The summed E-state index contributed by atoms with van der Waals surface area (Å²) in [6.07, 6.45) is 2.49. The first-order valence-corrected chi connectivity index (χ1v) is 10.6. The van der Waals surface area contributed by atoms with Crippen molar-refractivity contribution < 1.29 is 23.8 Å². The van der Waals surface area contributed by atoms with Crippen LogP contribution in [0.2, 0.25) is 0 Å². The fourth-order valence-corrected chi connectivity index (χ4v) is 3.46.